The van der Waals surface area contributed by atoms with Gasteiger partial charge in [0.1, 0.15) is 23.7 Å². The van der Waals surface area contributed by atoms with Gasteiger partial charge in [0.15, 0.2) is 11.6 Å². The number of ether oxygens (including phenoxy) is 2. The van der Waals surface area contributed by atoms with E-state index in [1.54, 1.807) is 18.2 Å². The summed E-state index contributed by atoms with van der Waals surface area (Å²) in [5.41, 5.74) is 0.906. The van der Waals surface area contributed by atoms with Gasteiger partial charge in [0, 0.05) is 35.7 Å². The van der Waals surface area contributed by atoms with Crippen LogP contribution in [0.2, 0.25) is 0 Å². The van der Waals surface area contributed by atoms with Crippen LogP contribution in [0.25, 0.3) is 10.9 Å². The summed E-state index contributed by atoms with van der Waals surface area (Å²) < 4.78 is 68.1. The van der Waals surface area contributed by atoms with Crippen LogP contribution in [-0.2, 0) is 21.2 Å². The first kappa shape index (κ1) is 24.3. The molecule has 0 aliphatic carbocycles. The lowest BCUT2D eigenvalue weighted by Crippen LogP contribution is -2.18. The van der Waals surface area contributed by atoms with E-state index in [0.717, 1.165) is 27.7 Å². The zero-order valence-electron chi connectivity index (χ0n) is 19.4. The molecule has 11 heteroatoms. The number of nitrogens with one attached hydrogen (secondary N) is 1. The zero-order chi connectivity index (χ0) is 26.3. The molecule has 1 unspecified atom stereocenters. The summed E-state index contributed by atoms with van der Waals surface area (Å²) in [6.07, 6.45) is 0.0250. The predicted molar refractivity (Wildman–Crippen MR) is 129 cm³/mol. The molecule has 2 heterocycles. The standard InChI is InChI=1S/C26H19F2N3O5S/c1-15-2-5-19(6-3-15)37(33,34)31-9-8-20-21(11-18-14-30-26(32)36-18)25(23(28)12-24(20)31)35-17-4-7-22(27)16(10-17)13-29/h2-10,12,18H,11,14H2,1H3,(H,30,32). The van der Waals surface area contributed by atoms with Crippen molar-refractivity contribution in [3.8, 4) is 17.6 Å². The zero-order valence-corrected chi connectivity index (χ0v) is 20.2. The molecule has 1 atom stereocenters. The number of amides is 1. The quantitative estimate of drug-likeness (QED) is 0.390. The molecule has 1 N–H and O–H groups in total. The number of nitrogens with zero attached hydrogens (tertiary/aromatic N) is 2. The molecule has 1 aliphatic heterocycles. The van der Waals surface area contributed by atoms with Crippen molar-refractivity contribution in [2.45, 2.75) is 24.3 Å². The monoisotopic (exact) mass is 523 g/mol. The highest BCUT2D eigenvalue weighted by molar-refractivity contribution is 7.90. The van der Waals surface area contributed by atoms with E-state index in [-0.39, 0.29) is 46.0 Å². The van der Waals surface area contributed by atoms with Crippen molar-refractivity contribution in [2.24, 2.45) is 0 Å². The second-order valence-electron chi connectivity index (χ2n) is 8.50. The Hall–Kier alpha value is -4.43. The second-order valence-corrected chi connectivity index (χ2v) is 10.3. The van der Waals surface area contributed by atoms with E-state index in [1.165, 1.54) is 30.5 Å². The van der Waals surface area contributed by atoms with E-state index < -0.39 is 33.9 Å². The van der Waals surface area contributed by atoms with E-state index in [0.29, 0.717) is 5.39 Å². The number of fused-ring (bicyclic) bond motifs is 1. The van der Waals surface area contributed by atoms with Crippen LogP contribution < -0.4 is 10.1 Å². The lowest BCUT2D eigenvalue weighted by Gasteiger charge is -2.17. The first-order chi connectivity index (χ1) is 17.7. The van der Waals surface area contributed by atoms with Crippen LogP contribution in [0.5, 0.6) is 11.5 Å². The topological polar surface area (TPSA) is 110 Å². The third kappa shape index (κ3) is 4.47. The molecule has 1 fully saturated rings. The van der Waals surface area contributed by atoms with Gasteiger partial charge in [-0.3, -0.25) is 0 Å². The Bertz CT molecular complexity index is 1690. The summed E-state index contributed by atoms with van der Waals surface area (Å²) in [4.78, 5) is 11.6. The van der Waals surface area contributed by atoms with Crippen molar-refractivity contribution in [3.05, 3.63) is 89.1 Å². The molecule has 37 heavy (non-hydrogen) atoms. The average Bonchev–Trinajstić information content (AvgIpc) is 3.48. The third-order valence-electron chi connectivity index (χ3n) is 6.01. The van der Waals surface area contributed by atoms with E-state index in [9.17, 15) is 17.6 Å². The molecule has 1 saturated heterocycles. The van der Waals surface area contributed by atoms with Crippen LogP contribution in [0, 0.1) is 29.9 Å². The van der Waals surface area contributed by atoms with Crippen molar-refractivity contribution in [1.82, 2.24) is 9.29 Å². The molecule has 0 radical (unpaired) electrons. The number of nitriles is 1. The summed E-state index contributed by atoms with van der Waals surface area (Å²) in [5.74, 6) is -1.89. The molecule has 4 aromatic rings. The number of cyclic esters (lactones) is 1. The molecular weight excluding hydrogens is 504 g/mol. The van der Waals surface area contributed by atoms with Gasteiger partial charge in [-0.25, -0.2) is 26.0 Å². The Balaban J connectivity index is 1.66. The van der Waals surface area contributed by atoms with Gasteiger partial charge in [0.05, 0.1) is 22.5 Å². The van der Waals surface area contributed by atoms with Gasteiger partial charge in [-0.1, -0.05) is 17.7 Å². The lowest BCUT2D eigenvalue weighted by molar-refractivity contribution is 0.140. The molecule has 8 nitrogen and oxygen atoms in total. The Kier molecular flexibility index (Phi) is 6.05. The fourth-order valence-electron chi connectivity index (χ4n) is 4.17. The van der Waals surface area contributed by atoms with Crippen LogP contribution in [0.1, 0.15) is 16.7 Å². The van der Waals surface area contributed by atoms with Crippen LogP contribution in [0.3, 0.4) is 0 Å². The predicted octanol–water partition coefficient (Wildman–Crippen LogP) is 4.78. The SMILES string of the molecule is Cc1ccc(S(=O)(=O)n2ccc3c(CC4CNC(=O)O4)c(Oc4ccc(F)c(C#N)c4)c(F)cc32)cc1. The Morgan fingerprint density at radius 2 is 1.89 bits per heavy atom. The molecular formula is C26H19F2N3O5S. The van der Waals surface area contributed by atoms with Gasteiger partial charge in [-0.2, -0.15) is 5.26 Å². The number of hydrogen-bond donors (Lipinski definition) is 1. The van der Waals surface area contributed by atoms with Crippen LogP contribution >= 0.6 is 0 Å². The van der Waals surface area contributed by atoms with Crippen molar-refractivity contribution < 1.29 is 31.5 Å². The third-order valence-corrected chi connectivity index (χ3v) is 7.71. The summed E-state index contributed by atoms with van der Waals surface area (Å²) in [5, 5.41) is 12.0. The molecule has 3 aromatic carbocycles. The maximum atomic E-state index is 15.6. The number of alkyl carbamates (subject to hydrolysis) is 1. The van der Waals surface area contributed by atoms with Gasteiger partial charge in [0.2, 0.25) is 0 Å². The minimum atomic E-state index is -4.06. The molecule has 0 saturated carbocycles. The lowest BCUT2D eigenvalue weighted by atomic mass is 10.0. The van der Waals surface area contributed by atoms with Gasteiger partial charge in [-0.05, 0) is 37.3 Å². The van der Waals surface area contributed by atoms with E-state index in [2.05, 4.69) is 5.32 Å². The fourth-order valence-corrected chi connectivity index (χ4v) is 5.50. The van der Waals surface area contributed by atoms with Gasteiger partial charge in [-0.15, -0.1) is 0 Å². The number of carbonyl (C=O) groups is 1. The summed E-state index contributed by atoms with van der Waals surface area (Å²) >= 11 is 0. The Labute approximate surface area is 210 Å². The summed E-state index contributed by atoms with van der Waals surface area (Å²) in [6, 6.07) is 13.9. The second kappa shape index (κ2) is 9.22. The number of benzene rings is 3. The summed E-state index contributed by atoms with van der Waals surface area (Å²) in [7, 11) is -4.06. The molecule has 1 aromatic heterocycles. The molecule has 1 amide bonds. The maximum absolute atomic E-state index is 15.6. The number of halogens is 2. The average molecular weight is 524 g/mol. The van der Waals surface area contributed by atoms with Crippen molar-refractivity contribution >= 4 is 27.0 Å². The van der Waals surface area contributed by atoms with Crippen molar-refractivity contribution in [3.63, 3.8) is 0 Å². The molecule has 5 rings (SSSR count). The Morgan fingerprint density at radius 1 is 1.14 bits per heavy atom. The van der Waals surface area contributed by atoms with Gasteiger partial charge < -0.3 is 14.8 Å². The highest BCUT2D eigenvalue weighted by Crippen LogP contribution is 2.38. The molecule has 188 valence electrons. The van der Waals surface area contributed by atoms with E-state index in [1.807, 2.05) is 6.92 Å². The number of hydrogen-bond acceptors (Lipinski definition) is 6. The van der Waals surface area contributed by atoms with Crippen LogP contribution in [0.4, 0.5) is 13.6 Å². The number of rotatable bonds is 6. The van der Waals surface area contributed by atoms with Crippen molar-refractivity contribution in [2.75, 3.05) is 6.54 Å². The van der Waals surface area contributed by atoms with Crippen LogP contribution in [0.15, 0.2) is 65.7 Å². The smallest absolute Gasteiger partial charge is 0.407 e. The fraction of sp³-hybridized carbons (Fsp3) is 0.154. The number of aryl methyl sites for hydroxylation is 1. The van der Waals surface area contributed by atoms with Crippen LogP contribution in [-0.4, -0.2) is 31.1 Å². The number of aromatic nitrogens is 1. The van der Waals surface area contributed by atoms with Gasteiger partial charge >= 0.3 is 6.09 Å². The highest BCUT2D eigenvalue weighted by Gasteiger charge is 2.29. The molecule has 1 aliphatic rings. The first-order valence-electron chi connectivity index (χ1n) is 11.1. The van der Waals surface area contributed by atoms with Gasteiger partial charge in [0.25, 0.3) is 10.0 Å². The maximum Gasteiger partial charge on any atom is 0.407 e. The highest BCUT2D eigenvalue weighted by atomic mass is 32.2. The minimum absolute atomic E-state index is 0.00320. The van der Waals surface area contributed by atoms with E-state index in [4.69, 9.17) is 14.7 Å². The molecule has 0 spiro atoms. The minimum Gasteiger partial charge on any atom is -0.454 e. The Morgan fingerprint density at radius 3 is 2.57 bits per heavy atom. The van der Waals surface area contributed by atoms with Crippen molar-refractivity contribution in [1.29, 1.82) is 5.26 Å². The normalized spacial score (nSPS) is 15.3. The summed E-state index contributed by atoms with van der Waals surface area (Å²) in [6.45, 7) is 1.99. The van der Waals surface area contributed by atoms with E-state index >= 15 is 4.39 Å². The number of carbonyl (C=O) groups excluding carboxylic acids is 1. The largest absolute Gasteiger partial charge is 0.454 e. The first-order valence-corrected chi connectivity index (χ1v) is 12.6. The molecule has 0 bridgehead atoms.